The fourth-order valence-electron chi connectivity index (χ4n) is 5.99. The summed E-state index contributed by atoms with van der Waals surface area (Å²) in [6, 6.07) is 12.1. The Kier molecular flexibility index (Phi) is 17.5. The van der Waals surface area contributed by atoms with Crippen molar-refractivity contribution in [3.8, 4) is 11.5 Å². The molecule has 0 fully saturated rings. The summed E-state index contributed by atoms with van der Waals surface area (Å²) >= 11 is 13.6. The van der Waals surface area contributed by atoms with Crippen LogP contribution in [0.15, 0.2) is 36.4 Å². The third kappa shape index (κ3) is 11.5. The van der Waals surface area contributed by atoms with Gasteiger partial charge < -0.3 is 9.47 Å². The molecule has 0 amide bonds. The summed E-state index contributed by atoms with van der Waals surface area (Å²) < 4.78 is 13.0. The summed E-state index contributed by atoms with van der Waals surface area (Å²) in [6.45, 7) is 5.91. The summed E-state index contributed by atoms with van der Waals surface area (Å²) in [5, 5.41) is 5.17. The van der Waals surface area contributed by atoms with Crippen molar-refractivity contribution in [2.75, 3.05) is 13.2 Å². The summed E-state index contributed by atoms with van der Waals surface area (Å²) in [4.78, 5) is 0. The van der Waals surface area contributed by atoms with E-state index in [1.165, 1.54) is 116 Å². The van der Waals surface area contributed by atoms with E-state index in [4.69, 9.17) is 32.7 Å². The van der Waals surface area contributed by atoms with Gasteiger partial charge in [-0.15, -0.1) is 0 Å². The Morgan fingerprint density at radius 2 is 0.762 bits per heavy atom. The number of hydrogen-bond donors (Lipinski definition) is 0. The Hall–Kier alpha value is -1.64. The van der Waals surface area contributed by atoms with Crippen LogP contribution in [0.4, 0.5) is 0 Å². The molecule has 4 heteroatoms. The zero-order chi connectivity index (χ0) is 29.8. The Morgan fingerprint density at radius 3 is 1.14 bits per heavy atom. The van der Waals surface area contributed by atoms with E-state index < -0.39 is 0 Å². The van der Waals surface area contributed by atoms with E-state index in [0.717, 1.165) is 45.9 Å². The topological polar surface area (TPSA) is 18.5 Å². The van der Waals surface area contributed by atoms with E-state index in [1.807, 2.05) is 24.3 Å². The molecule has 0 aliphatic heterocycles. The molecule has 42 heavy (non-hydrogen) atoms. The second-order valence-electron chi connectivity index (χ2n) is 12.0. The van der Waals surface area contributed by atoms with Gasteiger partial charge in [-0.1, -0.05) is 177 Å². The highest BCUT2D eigenvalue weighted by Gasteiger charge is 2.20. The fraction of sp³-hybridized carbons (Fsp3) is 0.632. The van der Waals surface area contributed by atoms with Crippen molar-refractivity contribution in [3.63, 3.8) is 0 Å². The van der Waals surface area contributed by atoms with Gasteiger partial charge in [0.1, 0.15) is 11.5 Å². The Balaban J connectivity index is 1.57. The molecule has 0 aromatic heterocycles. The maximum atomic E-state index is 6.82. The largest absolute Gasteiger partial charge is 0.492 e. The average molecular weight is 616 g/mol. The molecule has 0 heterocycles. The van der Waals surface area contributed by atoms with Gasteiger partial charge in [0.15, 0.2) is 0 Å². The molecule has 0 N–H and O–H groups in total. The molecule has 3 aromatic rings. The molecular formula is C38H56Cl2O2. The molecule has 0 unspecified atom stereocenters. The van der Waals surface area contributed by atoms with Crippen molar-refractivity contribution in [2.24, 2.45) is 0 Å². The second kappa shape index (κ2) is 21.1. The minimum Gasteiger partial charge on any atom is -0.492 e. The first-order chi connectivity index (χ1) is 20.7. The SMILES string of the molecule is CCCCCCCCCCCCOc1c2cccc(Cl)c2c(OCCCCCCCCCCCC)c2c(Cl)cccc12. The van der Waals surface area contributed by atoms with Gasteiger partial charge in [-0.2, -0.15) is 0 Å². The van der Waals surface area contributed by atoms with Crippen LogP contribution in [0.25, 0.3) is 21.5 Å². The minimum absolute atomic E-state index is 0.663. The molecule has 0 saturated carbocycles. The van der Waals surface area contributed by atoms with Crippen LogP contribution in [0, 0.1) is 0 Å². The molecule has 234 valence electrons. The van der Waals surface area contributed by atoms with Gasteiger partial charge in [0.05, 0.1) is 23.3 Å². The smallest absolute Gasteiger partial charge is 0.138 e. The molecule has 0 saturated heterocycles. The van der Waals surface area contributed by atoms with E-state index in [2.05, 4.69) is 26.0 Å². The van der Waals surface area contributed by atoms with Crippen LogP contribution in [0.1, 0.15) is 142 Å². The number of hydrogen-bond acceptors (Lipinski definition) is 2. The first kappa shape index (κ1) is 34.8. The van der Waals surface area contributed by atoms with E-state index >= 15 is 0 Å². The lowest BCUT2D eigenvalue weighted by atomic mass is 10.00. The van der Waals surface area contributed by atoms with Crippen molar-refractivity contribution in [1.29, 1.82) is 0 Å². The molecule has 0 atom stereocenters. The van der Waals surface area contributed by atoms with E-state index in [1.54, 1.807) is 0 Å². The van der Waals surface area contributed by atoms with Crippen molar-refractivity contribution in [3.05, 3.63) is 46.4 Å². The maximum absolute atomic E-state index is 6.82. The molecular weight excluding hydrogens is 559 g/mol. The van der Waals surface area contributed by atoms with Crippen LogP contribution in [0.5, 0.6) is 11.5 Å². The first-order valence-electron chi connectivity index (χ1n) is 17.3. The van der Waals surface area contributed by atoms with Gasteiger partial charge in [-0.05, 0) is 25.0 Å². The van der Waals surface area contributed by atoms with Crippen molar-refractivity contribution in [1.82, 2.24) is 0 Å². The van der Waals surface area contributed by atoms with E-state index in [9.17, 15) is 0 Å². The van der Waals surface area contributed by atoms with Crippen LogP contribution in [-0.2, 0) is 0 Å². The zero-order valence-electron chi connectivity index (χ0n) is 26.6. The second-order valence-corrected chi connectivity index (χ2v) is 12.9. The third-order valence-electron chi connectivity index (χ3n) is 8.46. The molecule has 0 bridgehead atoms. The number of fused-ring (bicyclic) bond motifs is 2. The minimum atomic E-state index is 0.663. The number of rotatable bonds is 24. The van der Waals surface area contributed by atoms with Crippen LogP contribution in [0.2, 0.25) is 10.0 Å². The lowest BCUT2D eigenvalue weighted by Crippen LogP contribution is -2.03. The Labute approximate surface area is 266 Å². The summed E-state index contributed by atoms with van der Waals surface area (Å²) in [5.41, 5.74) is 0. The van der Waals surface area contributed by atoms with Crippen LogP contribution in [-0.4, -0.2) is 13.2 Å². The number of halogens is 2. The van der Waals surface area contributed by atoms with Gasteiger partial charge in [0, 0.05) is 21.5 Å². The van der Waals surface area contributed by atoms with Crippen molar-refractivity contribution in [2.45, 2.75) is 142 Å². The normalized spacial score (nSPS) is 11.5. The van der Waals surface area contributed by atoms with Crippen LogP contribution < -0.4 is 9.47 Å². The highest BCUT2D eigenvalue weighted by atomic mass is 35.5. The highest BCUT2D eigenvalue weighted by Crippen LogP contribution is 2.47. The van der Waals surface area contributed by atoms with Gasteiger partial charge in [0.25, 0.3) is 0 Å². The Bertz CT molecular complexity index is 1100. The molecule has 0 aliphatic rings. The molecule has 0 aliphatic carbocycles. The van der Waals surface area contributed by atoms with Gasteiger partial charge in [-0.3, -0.25) is 0 Å². The maximum Gasteiger partial charge on any atom is 0.138 e. The van der Waals surface area contributed by atoms with Gasteiger partial charge in [-0.25, -0.2) is 0 Å². The van der Waals surface area contributed by atoms with Gasteiger partial charge >= 0.3 is 0 Å². The quantitative estimate of drug-likeness (QED) is 0.0737. The van der Waals surface area contributed by atoms with Crippen molar-refractivity contribution >= 4 is 44.7 Å². The number of unbranched alkanes of at least 4 members (excludes halogenated alkanes) is 18. The highest BCUT2D eigenvalue weighted by molar-refractivity contribution is 6.40. The summed E-state index contributed by atoms with van der Waals surface area (Å²) in [7, 11) is 0. The summed E-state index contributed by atoms with van der Waals surface area (Å²) in [5.74, 6) is 1.66. The zero-order valence-corrected chi connectivity index (χ0v) is 28.1. The molecule has 0 radical (unpaired) electrons. The Morgan fingerprint density at radius 1 is 0.429 bits per heavy atom. The average Bonchev–Trinajstić information content (AvgIpc) is 2.99. The van der Waals surface area contributed by atoms with E-state index in [0.29, 0.717) is 23.3 Å². The lowest BCUT2D eigenvalue weighted by Gasteiger charge is -2.19. The van der Waals surface area contributed by atoms with Gasteiger partial charge in [0.2, 0.25) is 0 Å². The standard InChI is InChI=1S/C38H56Cl2O2/c1-3-5-7-9-11-13-15-17-19-21-29-41-37-31-25-23-27-33(39)35(31)38(36-32(37)26-24-28-34(36)40)42-30-22-20-18-16-14-12-10-8-6-4-2/h23-28H,3-22,29-30H2,1-2H3. The molecule has 2 nitrogen and oxygen atoms in total. The summed E-state index contributed by atoms with van der Waals surface area (Å²) in [6.07, 6.45) is 26.1. The van der Waals surface area contributed by atoms with E-state index in [-0.39, 0.29) is 0 Å². The monoisotopic (exact) mass is 614 g/mol. The van der Waals surface area contributed by atoms with Crippen molar-refractivity contribution < 1.29 is 9.47 Å². The predicted octanol–water partition coefficient (Wildman–Crippen LogP) is 13.9. The molecule has 3 rings (SSSR count). The fourth-order valence-corrected chi connectivity index (χ4v) is 6.51. The van der Waals surface area contributed by atoms with Crippen LogP contribution in [0.3, 0.4) is 0 Å². The third-order valence-corrected chi connectivity index (χ3v) is 9.09. The molecule has 3 aromatic carbocycles. The lowest BCUT2D eigenvalue weighted by molar-refractivity contribution is 0.306. The molecule has 0 spiro atoms. The number of ether oxygens (including phenoxy) is 2. The predicted molar refractivity (Wildman–Crippen MR) is 186 cm³/mol. The first-order valence-corrected chi connectivity index (χ1v) is 18.0. The van der Waals surface area contributed by atoms with Crippen LogP contribution >= 0.6 is 23.2 Å². The number of benzene rings is 3.